The Balaban J connectivity index is 2.10. The number of rotatable bonds is 6. The molecule has 1 amide bonds. The molecule has 0 aromatic carbocycles. The molecule has 1 aliphatic heterocycles. The lowest BCUT2D eigenvalue weighted by atomic mass is 10.2. The highest BCUT2D eigenvalue weighted by Gasteiger charge is 2.20. The van der Waals surface area contributed by atoms with E-state index >= 15 is 0 Å². The van der Waals surface area contributed by atoms with Crippen LogP contribution in [-0.2, 0) is 4.74 Å². The summed E-state index contributed by atoms with van der Waals surface area (Å²) in [6.07, 6.45) is 3.88. The minimum Gasteiger partial charge on any atom is -0.382 e. The standard InChI is InChI=1S/C15H24N4O2/c1-4-16-12-9-17-14(10(2)3)19-13(12)15(20)18-8-11-6-5-7-21-11/h9-11,16H,4-8H2,1-3H3,(H,18,20). The molecule has 0 saturated carbocycles. The van der Waals surface area contributed by atoms with Gasteiger partial charge in [-0.05, 0) is 19.8 Å². The highest BCUT2D eigenvalue weighted by Crippen LogP contribution is 2.17. The van der Waals surface area contributed by atoms with E-state index in [1.54, 1.807) is 6.20 Å². The maximum Gasteiger partial charge on any atom is 0.272 e. The smallest absolute Gasteiger partial charge is 0.272 e. The van der Waals surface area contributed by atoms with E-state index in [1.807, 2.05) is 20.8 Å². The third-order valence-corrected chi connectivity index (χ3v) is 3.42. The zero-order valence-electron chi connectivity index (χ0n) is 13.0. The Labute approximate surface area is 125 Å². The van der Waals surface area contributed by atoms with Gasteiger partial charge in [0.15, 0.2) is 5.69 Å². The molecule has 1 atom stereocenters. The van der Waals surface area contributed by atoms with Crippen molar-refractivity contribution in [1.29, 1.82) is 0 Å². The predicted molar refractivity (Wildman–Crippen MR) is 81.6 cm³/mol. The van der Waals surface area contributed by atoms with Crippen molar-refractivity contribution in [2.24, 2.45) is 0 Å². The summed E-state index contributed by atoms with van der Waals surface area (Å²) in [7, 11) is 0. The molecule has 1 unspecified atom stereocenters. The van der Waals surface area contributed by atoms with Gasteiger partial charge in [-0.1, -0.05) is 13.8 Å². The Bertz CT molecular complexity index is 485. The molecular weight excluding hydrogens is 268 g/mol. The van der Waals surface area contributed by atoms with Crippen LogP contribution in [0.1, 0.15) is 55.8 Å². The van der Waals surface area contributed by atoms with Crippen molar-refractivity contribution < 1.29 is 9.53 Å². The van der Waals surface area contributed by atoms with E-state index in [0.717, 1.165) is 26.0 Å². The lowest BCUT2D eigenvalue weighted by molar-refractivity contribution is 0.0854. The Morgan fingerprint density at radius 1 is 1.52 bits per heavy atom. The van der Waals surface area contributed by atoms with Crippen LogP contribution in [0, 0.1) is 0 Å². The fourth-order valence-corrected chi connectivity index (χ4v) is 2.26. The van der Waals surface area contributed by atoms with Crippen LogP contribution < -0.4 is 10.6 Å². The normalized spacial score (nSPS) is 18.0. The first kappa shape index (κ1) is 15.7. The van der Waals surface area contributed by atoms with Gasteiger partial charge in [-0.25, -0.2) is 9.97 Å². The number of ether oxygens (including phenoxy) is 1. The molecule has 6 heteroatoms. The summed E-state index contributed by atoms with van der Waals surface area (Å²) >= 11 is 0. The van der Waals surface area contributed by atoms with E-state index in [0.29, 0.717) is 23.8 Å². The molecule has 0 aliphatic carbocycles. The Morgan fingerprint density at radius 2 is 2.33 bits per heavy atom. The summed E-state index contributed by atoms with van der Waals surface area (Å²) in [5.41, 5.74) is 1.08. The average molecular weight is 292 g/mol. The predicted octanol–water partition coefficient (Wildman–Crippen LogP) is 1.94. The second kappa shape index (κ2) is 7.36. The number of nitrogens with zero attached hydrogens (tertiary/aromatic N) is 2. The monoisotopic (exact) mass is 292 g/mol. The average Bonchev–Trinajstić information content (AvgIpc) is 2.98. The molecule has 2 N–H and O–H groups in total. The second-order valence-electron chi connectivity index (χ2n) is 5.52. The van der Waals surface area contributed by atoms with Crippen LogP contribution in [0.25, 0.3) is 0 Å². The van der Waals surface area contributed by atoms with Crippen molar-refractivity contribution >= 4 is 11.6 Å². The maximum absolute atomic E-state index is 12.4. The number of carbonyl (C=O) groups is 1. The van der Waals surface area contributed by atoms with Gasteiger partial charge in [0, 0.05) is 25.6 Å². The number of aromatic nitrogens is 2. The number of hydrogen-bond acceptors (Lipinski definition) is 5. The minimum atomic E-state index is -0.175. The van der Waals surface area contributed by atoms with E-state index in [9.17, 15) is 4.79 Å². The molecule has 6 nitrogen and oxygen atoms in total. The van der Waals surface area contributed by atoms with Crippen molar-refractivity contribution in [1.82, 2.24) is 15.3 Å². The first-order valence-electron chi connectivity index (χ1n) is 7.62. The third-order valence-electron chi connectivity index (χ3n) is 3.42. The molecule has 0 bridgehead atoms. The number of hydrogen-bond donors (Lipinski definition) is 2. The molecular formula is C15H24N4O2. The zero-order valence-corrected chi connectivity index (χ0v) is 13.0. The van der Waals surface area contributed by atoms with Gasteiger partial charge in [-0.3, -0.25) is 4.79 Å². The van der Waals surface area contributed by atoms with E-state index < -0.39 is 0 Å². The highest BCUT2D eigenvalue weighted by atomic mass is 16.5. The van der Waals surface area contributed by atoms with Crippen LogP contribution in [0.4, 0.5) is 5.69 Å². The van der Waals surface area contributed by atoms with Gasteiger partial charge in [-0.15, -0.1) is 0 Å². The topological polar surface area (TPSA) is 76.1 Å². The number of carbonyl (C=O) groups excluding carboxylic acids is 1. The largest absolute Gasteiger partial charge is 0.382 e. The fraction of sp³-hybridized carbons (Fsp3) is 0.667. The molecule has 2 heterocycles. The van der Waals surface area contributed by atoms with Gasteiger partial charge in [0.25, 0.3) is 5.91 Å². The lowest BCUT2D eigenvalue weighted by Crippen LogP contribution is -2.33. The van der Waals surface area contributed by atoms with Gasteiger partial charge in [0.1, 0.15) is 5.82 Å². The summed E-state index contributed by atoms with van der Waals surface area (Å²) in [6, 6.07) is 0. The molecule has 1 aliphatic rings. The molecule has 21 heavy (non-hydrogen) atoms. The maximum atomic E-state index is 12.4. The van der Waals surface area contributed by atoms with Gasteiger partial charge in [0.05, 0.1) is 18.0 Å². The highest BCUT2D eigenvalue weighted by molar-refractivity contribution is 5.97. The van der Waals surface area contributed by atoms with Crippen molar-refractivity contribution in [3.05, 3.63) is 17.7 Å². The molecule has 1 aromatic heterocycles. The van der Waals surface area contributed by atoms with Crippen LogP contribution in [-0.4, -0.2) is 41.7 Å². The summed E-state index contributed by atoms with van der Waals surface area (Å²) in [4.78, 5) is 21.1. The molecule has 1 aromatic rings. The first-order valence-corrected chi connectivity index (χ1v) is 7.62. The molecule has 0 radical (unpaired) electrons. The molecule has 116 valence electrons. The van der Waals surface area contributed by atoms with Gasteiger partial charge < -0.3 is 15.4 Å². The third kappa shape index (κ3) is 4.14. The summed E-state index contributed by atoms with van der Waals surface area (Å²) in [5, 5.41) is 6.05. The SMILES string of the molecule is CCNc1cnc(C(C)C)nc1C(=O)NCC1CCCO1. The van der Waals surface area contributed by atoms with Crippen LogP contribution in [0.5, 0.6) is 0 Å². The minimum absolute atomic E-state index is 0.128. The van der Waals surface area contributed by atoms with E-state index in [-0.39, 0.29) is 17.9 Å². The quantitative estimate of drug-likeness (QED) is 0.838. The number of amides is 1. The van der Waals surface area contributed by atoms with Crippen LogP contribution in [0.3, 0.4) is 0 Å². The van der Waals surface area contributed by atoms with Crippen LogP contribution >= 0.6 is 0 Å². The Morgan fingerprint density at radius 3 is 2.95 bits per heavy atom. The Hall–Kier alpha value is -1.69. The first-order chi connectivity index (χ1) is 10.1. The van der Waals surface area contributed by atoms with Gasteiger partial charge in [-0.2, -0.15) is 0 Å². The van der Waals surface area contributed by atoms with E-state index in [2.05, 4.69) is 20.6 Å². The molecule has 1 fully saturated rings. The fourth-order valence-electron chi connectivity index (χ4n) is 2.26. The summed E-state index contributed by atoms with van der Waals surface area (Å²) < 4.78 is 5.52. The Kier molecular flexibility index (Phi) is 5.50. The van der Waals surface area contributed by atoms with Crippen LogP contribution in [0.2, 0.25) is 0 Å². The van der Waals surface area contributed by atoms with Crippen molar-refractivity contribution in [3.63, 3.8) is 0 Å². The van der Waals surface area contributed by atoms with Crippen molar-refractivity contribution in [2.75, 3.05) is 25.0 Å². The van der Waals surface area contributed by atoms with Gasteiger partial charge in [0.2, 0.25) is 0 Å². The van der Waals surface area contributed by atoms with Gasteiger partial charge >= 0.3 is 0 Å². The van der Waals surface area contributed by atoms with E-state index in [1.165, 1.54) is 0 Å². The zero-order chi connectivity index (χ0) is 15.2. The molecule has 0 spiro atoms. The number of nitrogens with one attached hydrogen (secondary N) is 2. The van der Waals surface area contributed by atoms with Crippen molar-refractivity contribution in [2.45, 2.75) is 45.6 Å². The lowest BCUT2D eigenvalue weighted by Gasteiger charge is -2.14. The van der Waals surface area contributed by atoms with Crippen LogP contribution in [0.15, 0.2) is 6.20 Å². The second-order valence-corrected chi connectivity index (χ2v) is 5.52. The summed E-state index contributed by atoms with van der Waals surface area (Å²) in [5.74, 6) is 0.690. The molecule has 2 rings (SSSR count). The van der Waals surface area contributed by atoms with Crippen molar-refractivity contribution in [3.8, 4) is 0 Å². The molecule has 1 saturated heterocycles. The van der Waals surface area contributed by atoms with E-state index in [4.69, 9.17) is 4.74 Å². The summed E-state index contributed by atoms with van der Waals surface area (Å²) in [6.45, 7) is 8.03. The number of anilines is 1.